The maximum atomic E-state index is 13.8. The fourth-order valence-electron chi connectivity index (χ4n) is 2.88. The molecule has 0 spiro atoms. The van der Waals surface area contributed by atoms with Crippen LogP contribution in [0.25, 0.3) is 0 Å². The average Bonchev–Trinajstić information content (AvgIpc) is 2.64. The molecule has 3 atom stereocenters. The van der Waals surface area contributed by atoms with E-state index in [0.717, 1.165) is 4.90 Å². The van der Waals surface area contributed by atoms with Gasteiger partial charge in [0.2, 0.25) is 0 Å². The SMILES string of the molecule is CC(C)(C)OC(=O)N1[C@@H]2C[C@H](C(=O)O)[C@H]1C(F)(F)C2. The summed E-state index contributed by atoms with van der Waals surface area (Å²) in [6.45, 7) is 4.90. The van der Waals surface area contributed by atoms with E-state index >= 15 is 0 Å². The summed E-state index contributed by atoms with van der Waals surface area (Å²) in [5.74, 6) is -5.68. The predicted molar refractivity (Wildman–Crippen MR) is 61.0 cm³/mol. The number of halogens is 2. The summed E-state index contributed by atoms with van der Waals surface area (Å²) in [5, 5.41) is 8.99. The number of carbonyl (C=O) groups is 2. The molecule has 2 bridgehead atoms. The highest BCUT2D eigenvalue weighted by molar-refractivity contribution is 5.77. The molecular weight excluding hydrogens is 260 g/mol. The number of amides is 1. The van der Waals surface area contributed by atoms with Crippen molar-refractivity contribution < 1.29 is 28.2 Å². The lowest BCUT2D eigenvalue weighted by Gasteiger charge is -2.29. The number of ether oxygens (including phenoxy) is 1. The van der Waals surface area contributed by atoms with Gasteiger partial charge in [0.25, 0.3) is 5.92 Å². The van der Waals surface area contributed by atoms with Crippen LogP contribution in [0.5, 0.6) is 0 Å². The smallest absolute Gasteiger partial charge is 0.411 e. The van der Waals surface area contributed by atoms with Crippen LogP contribution in [0.1, 0.15) is 33.6 Å². The van der Waals surface area contributed by atoms with Crippen LogP contribution in [-0.2, 0) is 9.53 Å². The van der Waals surface area contributed by atoms with Gasteiger partial charge in [0.1, 0.15) is 11.6 Å². The third kappa shape index (κ3) is 2.37. The monoisotopic (exact) mass is 277 g/mol. The van der Waals surface area contributed by atoms with Crippen molar-refractivity contribution in [3.8, 4) is 0 Å². The third-order valence-corrected chi connectivity index (χ3v) is 3.46. The van der Waals surface area contributed by atoms with Crippen LogP contribution in [0.15, 0.2) is 0 Å². The second-order valence-electron chi connectivity index (χ2n) is 6.13. The average molecular weight is 277 g/mol. The normalized spacial score (nSPS) is 32.5. The number of carboxylic acids is 1. The quantitative estimate of drug-likeness (QED) is 0.797. The molecule has 2 heterocycles. The molecule has 0 aromatic carbocycles. The molecule has 1 N–H and O–H groups in total. The Morgan fingerprint density at radius 2 is 1.95 bits per heavy atom. The molecule has 2 aliphatic heterocycles. The van der Waals surface area contributed by atoms with Crippen molar-refractivity contribution in [1.82, 2.24) is 4.90 Å². The minimum absolute atomic E-state index is 0.0643. The second kappa shape index (κ2) is 4.05. The fourth-order valence-corrected chi connectivity index (χ4v) is 2.88. The van der Waals surface area contributed by atoms with Crippen molar-refractivity contribution in [2.75, 3.05) is 0 Å². The lowest BCUT2D eigenvalue weighted by Crippen LogP contribution is -2.47. The Hall–Kier alpha value is -1.40. The number of rotatable bonds is 1. The molecule has 0 saturated carbocycles. The van der Waals surface area contributed by atoms with E-state index in [0.29, 0.717) is 0 Å². The van der Waals surface area contributed by atoms with Crippen LogP contribution in [0.4, 0.5) is 13.6 Å². The van der Waals surface area contributed by atoms with Crippen molar-refractivity contribution in [2.45, 2.75) is 57.2 Å². The molecule has 0 unspecified atom stereocenters. The maximum absolute atomic E-state index is 13.8. The van der Waals surface area contributed by atoms with Crippen molar-refractivity contribution in [1.29, 1.82) is 0 Å². The van der Waals surface area contributed by atoms with Gasteiger partial charge in [-0.15, -0.1) is 0 Å². The first-order valence-corrected chi connectivity index (χ1v) is 6.15. The van der Waals surface area contributed by atoms with Gasteiger partial charge in [0.15, 0.2) is 0 Å². The maximum Gasteiger partial charge on any atom is 0.411 e. The van der Waals surface area contributed by atoms with Crippen LogP contribution in [0, 0.1) is 5.92 Å². The standard InChI is InChI=1S/C12H17F2NO4/c1-11(2,3)19-10(18)15-6-4-7(9(16)17)8(15)12(13,14)5-6/h6-8H,4-5H2,1-3H3,(H,16,17)/t6-,7+,8+/m1/s1. The van der Waals surface area contributed by atoms with Crippen molar-refractivity contribution >= 4 is 12.1 Å². The summed E-state index contributed by atoms with van der Waals surface area (Å²) in [5.41, 5.74) is -0.798. The van der Waals surface area contributed by atoms with Gasteiger partial charge in [0.05, 0.1) is 5.92 Å². The largest absolute Gasteiger partial charge is 0.481 e. The molecule has 0 aromatic heterocycles. The van der Waals surface area contributed by atoms with Gasteiger partial charge in [-0.3, -0.25) is 9.69 Å². The number of alkyl halides is 2. The molecule has 2 aliphatic rings. The molecule has 1 amide bonds. The predicted octanol–water partition coefficient (Wildman–Crippen LogP) is 2.10. The van der Waals surface area contributed by atoms with Crippen LogP contribution < -0.4 is 0 Å². The van der Waals surface area contributed by atoms with Crippen molar-refractivity contribution in [2.24, 2.45) is 5.92 Å². The molecule has 2 rings (SSSR count). The molecule has 5 nitrogen and oxygen atoms in total. The van der Waals surface area contributed by atoms with Gasteiger partial charge in [-0.05, 0) is 27.2 Å². The molecule has 0 radical (unpaired) electrons. The van der Waals surface area contributed by atoms with Gasteiger partial charge in [-0.1, -0.05) is 0 Å². The second-order valence-corrected chi connectivity index (χ2v) is 6.13. The highest BCUT2D eigenvalue weighted by atomic mass is 19.3. The summed E-state index contributed by atoms with van der Waals surface area (Å²) in [6, 6.07) is -2.35. The molecule has 0 aliphatic carbocycles. The van der Waals surface area contributed by atoms with E-state index in [4.69, 9.17) is 9.84 Å². The number of aliphatic carboxylic acids is 1. The third-order valence-electron chi connectivity index (χ3n) is 3.46. The molecule has 0 aromatic rings. The molecule has 2 saturated heterocycles. The Balaban J connectivity index is 2.23. The van der Waals surface area contributed by atoms with Crippen LogP contribution in [0.3, 0.4) is 0 Å². The summed E-state index contributed by atoms with van der Waals surface area (Å²) in [7, 11) is 0. The van der Waals surface area contributed by atoms with Crippen molar-refractivity contribution in [3.63, 3.8) is 0 Å². The number of carbonyl (C=O) groups excluding carboxylic acids is 1. The first-order valence-electron chi connectivity index (χ1n) is 6.15. The summed E-state index contributed by atoms with van der Waals surface area (Å²) in [4.78, 5) is 23.9. The zero-order valence-corrected chi connectivity index (χ0v) is 11.0. The topological polar surface area (TPSA) is 66.8 Å². The molecule has 2 fully saturated rings. The Morgan fingerprint density at radius 1 is 1.37 bits per heavy atom. The van der Waals surface area contributed by atoms with Gasteiger partial charge >= 0.3 is 12.1 Å². The van der Waals surface area contributed by atoms with E-state index in [1.54, 1.807) is 20.8 Å². The van der Waals surface area contributed by atoms with Crippen LogP contribution in [-0.4, -0.2) is 45.7 Å². The number of carboxylic acid groups (broad SMARTS) is 1. The lowest BCUT2D eigenvalue weighted by molar-refractivity contribution is -0.148. The minimum Gasteiger partial charge on any atom is -0.481 e. The first kappa shape index (κ1) is 14.0. The Labute approximate surface area is 109 Å². The Bertz CT molecular complexity index is 418. The van der Waals surface area contributed by atoms with E-state index in [-0.39, 0.29) is 6.42 Å². The van der Waals surface area contributed by atoms with Crippen LogP contribution in [0.2, 0.25) is 0 Å². The first-order chi connectivity index (χ1) is 8.53. The van der Waals surface area contributed by atoms with E-state index in [1.165, 1.54) is 0 Å². The Kier molecular flexibility index (Phi) is 2.98. The number of hydrogen-bond acceptors (Lipinski definition) is 3. The highest BCUT2D eigenvalue weighted by Crippen LogP contribution is 2.50. The zero-order valence-electron chi connectivity index (χ0n) is 11.0. The highest BCUT2D eigenvalue weighted by Gasteiger charge is 2.66. The zero-order chi connectivity index (χ0) is 14.6. The van der Waals surface area contributed by atoms with Gasteiger partial charge in [-0.25, -0.2) is 13.6 Å². The minimum atomic E-state index is -3.16. The molecule has 19 heavy (non-hydrogen) atoms. The van der Waals surface area contributed by atoms with Gasteiger partial charge in [0, 0.05) is 12.5 Å². The van der Waals surface area contributed by atoms with E-state index < -0.39 is 48.0 Å². The summed E-state index contributed by atoms with van der Waals surface area (Å²) >= 11 is 0. The Morgan fingerprint density at radius 3 is 2.42 bits per heavy atom. The number of nitrogens with zero attached hydrogens (tertiary/aromatic N) is 1. The summed E-state index contributed by atoms with van der Waals surface area (Å²) in [6.07, 6.45) is -1.28. The van der Waals surface area contributed by atoms with Crippen LogP contribution >= 0.6 is 0 Å². The molecular formula is C12H17F2NO4. The van der Waals surface area contributed by atoms with Crippen molar-refractivity contribution in [3.05, 3.63) is 0 Å². The van der Waals surface area contributed by atoms with E-state index in [1.807, 2.05) is 0 Å². The number of hydrogen-bond donors (Lipinski definition) is 1. The van der Waals surface area contributed by atoms with Gasteiger partial charge < -0.3 is 9.84 Å². The fraction of sp³-hybridized carbons (Fsp3) is 0.833. The van der Waals surface area contributed by atoms with Gasteiger partial charge in [-0.2, -0.15) is 0 Å². The molecule has 108 valence electrons. The lowest BCUT2D eigenvalue weighted by atomic mass is 9.86. The number of fused-ring (bicyclic) bond motifs is 2. The summed E-state index contributed by atoms with van der Waals surface area (Å²) < 4.78 is 32.6. The molecule has 7 heteroatoms. The van der Waals surface area contributed by atoms with E-state index in [9.17, 15) is 18.4 Å². The van der Waals surface area contributed by atoms with E-state index in [2.05, 4.69) is 0 Å².